The minimum absolute atomic E-state index is 0.453. The molecule has 0 spiro atoms. The molecule has 0 amide bonds. The average molecular weight is 602 g/mol. The molecule has 3 heteroatoms. The molecule has 0 fully saturated rings. The summed E-state index contributed by atoms with van der Waals surface area (Å²) >= 11 is 0. The van der Waals surface area contributed by atoms with E-state index in [1.807, 2.05) is 6.20 Å². The van der Waals surface area contributed by atoms with Gasteiger partial charge >= 0.3 is 0 Å². The summed E-state index contributed by atoms with van der Waals surface area (Å²) in [5, 5.41) is 6.25. The number of nitrogens with zero attached hydrogens (tertiary/aromatic N) is 3. The second kappa shape index (κ2) is 10.0. The van der Waals surface area contributed by atoms with Crippen molar-refractivity contribution in [2.24, 2.45) is 5.92 Å². The van der Waals surface area contributed by atoms with Crippen LogP contribution >= 0.6 is 0 Å². The van der Waals surface area contributed by atoms with Gasteiger partial charge in [0.2, 0.25) is 0 Å². The lowest BCUT2D eigenvalue weighted by Gasteiger charge is -2.30. The SMILES string of the molecule is CC1C=Cc2ccnc(N3c4ccccc4-c4c(n(-c5cc6ccccc6c6ccccc56)c5ccccc45)-c4ccccc43)c2C1. The number of para-hydroxylation sites is 3. The highest BCUT2D eigenvalue weighted by atomic mass is 15.2. The highest BCUT2D eigenvalue weighted by Gasteiger charge is 2.33. The molecule has 2 aromatic heterocycles. The Balaban J connectivity index is 1.38. The van der Waals surface area contributed by atoms with E-state index < -0.39 is 0 Å². The molecule has 222 valence electrons. The number of pyridine rings is 1. The van der Waals surface area contributed by atoms with Crippen molar-refractivity contribution in [3.63, 3.8) is 0 Å². The van der Waals surface area contributed by atoms with E-state index in [0.29, 0.717) is 5.92 Å². The highest BCUT2D eigenvalue weighted by Crippen LogP contribution is 2.55. The Hall–Kier alpha value is -5.93. The Morgan fingerprint density at radius 2 is 1.28 bits per heavy atom. The standard InChI is InChI=1S/C44H31N3/c1-28-22-23-29-24-25-45-44(37(29)26-28)47-39-20-10-7-17-35(39)42-34-16-6-9-19-38(34)46(43(42)36-18-8-11-21-40(36)47)41-27-30-12-2-3-13-31(30)32-14-4-5-15-33(32)41/h2-25,27-28H,26H2,1H3. The number of anilines is 3. The molecule has 1 aliphatic carbocycles. The first-order valence-corrected chi connectivity index (χ1v) is 16.5. The summed E-state index contributed by atoms with van der Waals surface area (Å²) in [6.45, 7) is 2.29. The minimum atomic E-state index is 0.453. The van der Waals surface area contributed by atoms with E-state index in [-0.39, 0.29) is 0 Å². The van der Waals surface area contributed by atoms with Crippen molar-refractivity contribution in [2.75, 3.05) is 4.90 Å². The Morgan fingerprint density at radius 3 is 2.13 bits per heavy atom. The number of fused-ring (bicyclic) bond motifs is 11. The van der Waals surface area contributed by atoms with Gasteiger partial charge in [-0.05, 0) is 64.4 Å². The summed E-state index contributed by atoms with van der Waals surface area (Å²) in [5.41, 5.74) is 12.1. The lowest BCUT2D eigenvalue weighted by Crippen LogP contribution is -2.17. The molecule has 0 saturated heterocycles. The van der Waals surface area contributed by atoms with E-state index in [0.717, 1.165) is 23.6 Å². The molecule has 3 nitrogen and oxygen atoms in total. The number of hydrogen-bond donors (Lipinski definition) is 0. The number of allylic oxidation sites excluding steroid dienone is 1. The van der Waals surface area contributed by atoms with Crippen LogP contribution < -0.4 is 4.90 Å². The van der Waals surface area contributed by atoms with Crippen LogP contribution in [0.2, 0.25) is 0 Å². The van der Waals surface area contributed by atoms with Gasteiger partial charge in [0.25, 0.3) is 0 Å². The van der Waals surface area contributed by atoms with Gasteiger partial charge in [-0.15, -0.1) is 0 Å². The third-order valence-corrected chi connectivity index (χ3v) is 10.1. The molecule has 10 rings (SSSR count). The zero-order chi connectivity index (χ0) is 31.1. The Labute approximate surface area is 273 Å². The molecule has 3 heterocycles. The van der Waals surface area contributed by atoms with Crippen molar-refractivity contribution in [1.82, 2.24) is 9.55 Å². The quantitative estimate of drug-likeness (QED) is 0.184. The zero-order valence-corrected chi connectivity index (χ0v) is 26.1. The largest absolute Gasteiger partial charge is 0.308 e. The molecule has 1 aliphatic heterocycles. The minimum Gasteiger partial charge on any atom is -0.308 e. The number of aromatic nitrogens is 2. The third-order valence-electron chi connectivity index (χ3n) is 10.1. The van der Waals surface area contributed by atoms with E-state index in [1.54, 1.807) is 0 Å². The van der Waals surface area contributed by atoms with E-state index in [1.165, 1.54) is 71.6 Å². The first-order chi connectivity index (χ1) is 23.3. The molecule has 47 heavy (non-hydrogen) atoms. The molecule has 1 atom stereocenters. The summed E-state index contributed by atoms with van der Waals surface area (Å²) in [6, 6.07) is 48.8. The summed E-state index contributed by atoms with van der Waals surface area (Å²) in [7, 11) is 0. The molecule has 0 saturated carbocycles. The van der Waals surface area contributed by atoms with Crippen LogP contribution in [0.1, 0.15) is 18.1 Å². The molecular formula is C44H31N3. The van der Waals surface area contributed by atoms with Crippen LogP contribution in [0.5, 0.6) is 0 Å². The third kappa shape index (κ3) is 3.77. The van der Waals surface area contributed by atoms with Crippen LogP contribution in [-0.2, 0) is 6.42 Å². The first-order valence-electron chi connectivity index (χ1n) is 16.5. The lowest BCUT2D eigenvalue weighted by atomic mass is 9.91. The maximum atomic E-state index is 5.14. The van der Waals surface area contributed by atoms with Gasteiger partial charge in [-0.25, -0.2) is 4.98 Å². The maximum Gasteiger partial charge on any atom is 0.141 e. The molecule has 6 aromatic carbocycles. The van der Waals surface area contributed by atoms with Crippen molar-refractivity contribution < 1.29 is 0 Å². The monoisotopic (exact) mass is 601 g/mol. The summed E-state index contributed by atoms with van der Waals surface area (Å²) in [4.78, 5) is 7.56. The van der Waals surface area contributed by atoms with Gasteiger partial charge in [-0.2, -0.15) is 0 Å². The van der Waals surface area contributed by atoms with Gasteiger partial charge in [0, 0.05) is 39.2 Å². The number of benzene rings is 6. The molecule has 8 aromatic rings. The van der Waals surface area contributed by atoms with Gasteiger partial charge in [-0.3, -0.25) is 4.90 Å². The average Bonchev–Trinajstić information content (AvgIpc) is 3.40. The first kappa shape index (κ1) is 26.3. The summed E-state index contributed by atoms with van der Waals surface area (Å²) in [5.74, 6) is 1.46. The smallest absolute Gasteiger partial charge is 0.141 e. The lowest BCUT2D eigenvalue weighted by molar-refractivity contribution is 0.714. The molecule has 0 bridgehead atoms. The highest BCUT2D eigenvalue weighted by molar-refractivity contribution is 6.16. The number of hydrogen-bond acceptors (Lipinski definition) is 2. The maximum absolute atomic E-state index is 5.14. The fraction of sp³-hybridized carbons (Fsp3) is 0.0682. The van der Waals surface area contributed by atoms with Crippen LogP contribution in [0.25, 0.3) is 66.6 Å². The van der Waals surface area contributed by atoms with Crippen LogP contribution in [0.15, 0.2) is 146 Å². The normalized spacial score (nSPS) is 14.9. The Bertz CT molecular complexity index is 2590. The van der Waals surface area contributed by atoms with Crippen LogP contribution in [-0.4, -0.2) is 9.55 Å². The van der Waals surface area contributed by atoms with Gasteiger partial charge in [0.1, 0.15) is 5.82 Å². The molecular weight excluding hydrogens is 571 g/mol. The van der Waals surface area contributed by atoms with Gasteiger partial charge in [0.05, 0.1) is 28.3 Å². The van der Waals surface area contributed by atoms with Gasteiger partial charge in [-0.1, -0.05) is 122 Å². The van der Waals surface area contributed by atoms with Crippen molar-refractivity contribution >= 4 is 55.7 Å². The van der Waals surface area contributed by atoms with E-state index in [9.17, 15) is 0 Å². The van der Waals surface area contributed by atoms with Crippen LogP contribution in [0, 0.1) is 5.92 Å². The second-order valence-electron chi connectivity index (χ2n) is 12.9. The molecule has 1 unspecified atom stereocenters. The Morgan fingerprint density at radius 1 is 0.617 bits per heavy atom. The van der Waals surface area contributed by atoms with Crippen molar-refractivity contribution in [2.45, 2.75) is 13.3 Å². The second-order valence-corrected chi connectivity index (χ2v) is 12.9. The van der Waals surface area contributed by atoms with Gasteiger partial charge in [0.15, 0.2) is 0 Å². The van der Waals surface area contributed by atoms with E-state index in [2.05, 4.69) is 162 Å². The predicted octanol–water partition coefficient (Wildman–Crippen LogP) is 11.7. The molecule has 0 N–H and O–H groups in total. The fourth-order valence-corrected chi connectivity index (χ4v) is 8.06. The summed E-state index contributed by atoms with van der Waals surface area (Å²) in [6.07, 6.45) is 7.51. The van der Waals surface area contributed by atoms with Gasteiger partial charge < -0.3 is 4.57 Å². The Kier molecular flexibility index (Phi) is 5.62. The zero-order valence-electron chi connectivity index (χ0n) is 26.1. The van der Waals surface area contributed by atoms with E-state index in [4.69, 9.17) is 4.98 Å². The predicted molar refractivity (Wildman–Crippen MR) is 197 cm³/mol. The van der Waals surface area contributed by atoms with Crippen LogP contribution in [0.4, 0.5) is 17.2 Å². The topological polar surface area (TPSA) is 21.1 Å². The molecule has 0 radical (unpaired) electrons. The number of rotatable bonds is 2. The van der Waals surface area contributed by atoms with Crippen molar-refractivity contribution in [3.8, 4) is 28.1 Å². The fourth-order valence-electron chi connectivity index (χ4n) is 8.06. The van der Waals surface area contributed by atoms with Crippen molar-refractivity contribution in [3.05, 3.63) is 157 Å². The van der Waals surface area contributed by atoms with Crippen molar-refractivity contribution in [1.29, 1.82) is 0 Å². The van der Waals surface area contributed by atoms with E-state index >= 15 is 0 Å². The summed E-state index contributed by atoms with van der Waals surface area (Å²) < 4.78 is 2.53. The molecule has 2 aliphatic rings. The van der Waals surface area contributed by atoms with Crippen LogP contribution in [0.3, 0.4) is 0 Å².